The summed E-state index contributed by atoms with van der Waals surface area (Å²) in [5.74, 6) is 0.979. The Hall–Kier alpha value is -1.90. The third-order valence-corrected chi connectivity index (χ3v) is 4.76. The summed E-state index contributed by atoms with van der Waals surface area (Å²) in [6.45, 7) is 5.29. The molecule has 3 rings (SSSR count). The monoisotopic (exact) mass is 298 g/mol. The lowest BCUT2D eigenvalue weighted by Crippen LogP contribution is -2.47. The summed E-state index contributed by atoms with van der Waals surface area (Å²) in [7, 11) is 0. The lowest BCUT2D eigenvalue weighted by Gasteiger charge is -2.35. The number of nitriles is 1. The molecule has 21 heavy (non-hydrogen) atoms. The maximum Gasteiger partial charge on any atom is 0.128 e. The number of pyridine rings is 1. The van der Waals surface area contributed by atoms with Crippen molar-refractivity contribution in [3.05, 3.63) is 46.3 Å². The van der Waals surface area contributed by atoms with Crippen molar-refractivity contribution in [2.24, 2.45) is 0 Å². The van der Waals surface area contributed by atoms with Crippen LogP contribution >= 0.6 is 11.3 Å². The molecule has 108 valence electrons. The second kappa shape index (κ2) is 6.70. The van der Waals surface area contributed by atoms with Crippen molar-refractivity contribution >= 4 is 17.2 Å². The smallest absolute Gasteiger partial charge is 0.128 e. The predicted octanol–water partition coefficient (Wildman–Crippen LogP) is 2.38. The van der Waals surface area contributed by atoms with Crippen LogP contribution in [-0.4, -0.2) is 42.6 Å². The predicted molar refractivity (Wildman–Crippen MR) is 85.6 cm³/mol. The molecule has 0 spiro atoms. The van der Waals surface area contributed by atoms with Gasteiger partial charge in [-0.25, -0.2) is 4.98 Å². The van der Waals surface area contributed by atoms with E-state index in [0.717, 1.165) is 45.0 Å². The van der Waals surface area contributed by atoms with E-state index in [1.165, 1.54) is 4.88 Å². The molecular weight excluding hydrogens is 280 g/mol. The van der Waals surface area contributed by atoms with Crippen LogP contribution in [-0.2, 0) is 6.42 Å². The molecular formula is C16H18N4S. The highest BCUT2D eigenvalue weighted by atomic mass is 32.1. The molecule has 1 aliphatic heterocycles. The van der Waals surface area contributed by atoms with Crippen LogP contribution in [0.2, 0.25) is 0 Å². The Morgan fingerprint density at radius 1 is 1.19 bits per heavy atom. The number of aromatic nitrogens is 1. The highest BCUT2D eigenvalue weighted by Gasteiger charge is 2.17. The van der Waals surface area contributed by atoms with Gasteiger partial charge in [-0.1, -0.05) is 6.07 Å². The van der Waals surface area contributed by atoms with Crippen molar-refractivity contribution < 1.29 is 0 Å². The Balaban J connectivity index is 1.49. The molecule has 0 unspecified atom stereocenters. The topological polar surface area (TPSA) is 43.2 Å². The third kappa shape index (κ3) is 3.60. The molecule has 0 aliphatic carbocycles. The Morgan fingerprint density at radius 3 is 2.67 bits per heavy atom. The number of thiophene rings is 1. The molecule has 0 atom stereocenters. The summed E-state index contributed by atoms with van der Waals surface area (Å²) in [5, 5.41) is 10.9. The molecule has 0 radical (unpaired) electrons. The van der Waals surface area contributed by atoms with Gasteiger partial charge in [-0.3, -0.25) is 4.90 Å². The van der Waals surface area contributed by atoms with Crippen LogP contribution in [0.4, 0.5) is 5.82 Å². The molecule has 4 nitrogen and oxygen atoms in total. The maximum absolute atomic E-state index is 8.80. The van der Waals surface area contributed by atoms with Crippen molar-refractivity contribution in [1.29, 1.82) is 5.26 Å². The fourth-order valence-corrected chi connectivity index (χ4v) is 3.26. The van der Waals surface area contributed by atoms with E-state index in [1.54, 1.807) is 6.20 Å². The first kappa shape index (κ1) is 14.1. The van der Waals surface area contributed by atoms with E-state index in [2.05, 4.69) is 38.4 Å². The molecule has 5 heteroatoms. The first-order valence-corrected chi connectivity index (χ1v) is 8.09. The van der Waals surface area contributed by atoms with Gasteiger partial charge in [-0.05, 0) is 30.0 Å². The summed E-state index contributed by atoms with van der Waals surface area (Å²) < 4.78 is 0. The molecule has 1 fully saturated rings. The van der Waals surface area contributed by atoms with Crippen molar-refractivity contribution in [3.63, 3.8) is 0 Å². The zero-order valence-electron chi connectivity index (χ0n) is 11.9. The van der Waals surface area contributed by atoms with Crippen LogP contribution in [0.25, 0.3) is 0 Å². The summed E-state index contributed by atoms with van der Waals surface area (Å²) in [5.41, 5.74) is 0.619. The van der Waals surface area contributed by atoms with E-state index >= 15 is 0 Å². The Bertz CT molecular complexity index is 592. The highest BCUT2D eigenvalue weighted by Crippen LogP contribution is 2.15. The zero-order chi connectivity index (χ0) is 14.5. The van der Waals surface area contributed by atoms with Gasteiger partial charge in [0.15, 0.2) is 0 Å². The average molecular weight is 298 g/mol. The van der Waals surface area contributed by atoms with Gasteiger partial charge in [0.05, 0.1) is 5.56 Å². The van der Waals surface area contributed by atoms with E-state index in [4.69, 9.17) is 5.26 Å². The molecule has 0 saturated carbocycles. The molecule has 0 amide bonds. The molecule has 1 saturated heterocycles. The molecule has 2 aromatic rings. The minimum atomic E-state index is 0.619. The summed E-state index contributed by atoms with van der Waals surface area (Å²) in [6, 6.07) is 10.2. The number of piperazine rings is 1. The van der Waals surface area contributed by atoms with Gasteiger partial charge in [-0.15, -0.1) is 11.3 Å². The Morgan fingerprint density at radius 2 is 2.05 bits per heavy atom. The van der Waals surface area contributed by atoms with E-state index < -0.39 is 0 Å². The van der Waals surface area contributed by atoms with Crippen LogP contribution in [0.3, 0.4) is 0 Å². The largest absolute Gasteiger partial charge is 0.354 e. The second-order valence-corrected chi connectivity index (χ2v) is 6.21. The number of nitrogens with zero attached hydrogens (tertiary/aromatic N) is 4. The first-order chi connectivity index (χ1) is 10.3. The van der Waals surface area contributed by atoms with Crippen molar-refractivity contribution in [1.82, 2.24) is 9.88 Å². The van der Waals surface area contributed by atoms with Gasteiger partial charge in [0.1, 0.15) is 11.9 Å². The molecule has 0 aromatic carbocycles. The number of anilines is 1. The number of hydrogen-bond donors (Lipinski definition) is 0. The van der Waals surface area contributed by atoms with E-state index in [0.29, 0.717) is 5.56 Å². The van der Waals surface area contributed by atoms with E-state index in [-0.39, 0.29) is 0 Å². The fourth-order valence-electron chi connectivity index (χ4n) is 2.56. The summed E-state index contributed by atoms with van der Waals surface area (Å²) in [4.78, 5) is 10.6. The van der Waals surface area contributed by atoms with Crippen LogP contribution in [0.15, 0.2) is 35.8 Å². The lowest BCUT2D eigenvalue weighted by molar-refractivity contribution is 0.261. The van der Waals surface area contributed by atoms with Gasteiger partial charge < -0.3 is 4.90 Å². The first-order valence-electron chi connectivity index (χ1n) is 7.21. The Kier molecular flexibility index (Phi) is 4.49. The van der Waals surface area contributed by atoms with Gasteiger partial charge in [-0.2, -0.15) is 5.26 Å². The summed E-state index contributed by atoms with van der Waals surface area (Å²) in [6.07, 6.45) is 2.80. The average Bonchev–Trinajstić information content (AvgIpc) is 3.07. The van der Waals surface area contributed by atoms with E-state index in [9.17, 15) is 0 Å². The normalized spacial score (nSPS) is 15.9. The molecule has 0 bridgehead atoms. The second-order valence-electron chi connectivity index (χ2n) is 5.17. The lowest BCUT2D eigenvalue weighted by atomic mass is 10.2. The van der Waals surface area contributed by atoms with Gasteiger partial charge in [0.25, 0.3) is 0 Å². The maximum atomic E-state index is 8.80. The molecule has 3 heterocycles. The van der Waals surface area contributed by atoms with Gasteiger partial charge in [0, 0.05) is 43.8 Å². The minimum Gasteiger partial charge on any atom is -0.354 e. The number of hydrogen-bond acceptors (Lipinski definition) is 5. The molecule has 1 aliphatic rings. The van der Waals surface area contributed by atoms with Gasteiger partial charge >= 0.3 is 0 Å². The van der Waals surface area contributed by atoms with Crippen molar-refractivity contribution in [2.45, 2.75) is 6.42 Å². The highest BCUT2D eigenvalue weighted by molar-refractivity contribution is 7.09. The fraction of sp³-hybridized carbons (Fsp3) is 0.375. The van der Waals surface area contributed by atoms with Crippen LogP contribution < -0.4 is 4.90 Å². The SMILES string of the molecule is N#Cc1ccc(N2CCN(CCc3cccs3)CC2)nc1. The molecule has 2 aromatic heterocycles. The minimum absolute atomic E-state index is 0.619. The van der Waals surface area contributed by atoms with Crippen LogP contribution in [0.1, 0.15) is 10.4 Å². The van der Waals surface area contributed by atoms with Crippen LogP contribution in [0.5, 0.6) is 0 Å². The third-order valence-electron chi connectivity index (χ3n) is 3.83. The van der Waals surface area contributed by atoms with Crippen molar-refractivity contribution in [3.8, 4) is 6.07 Å². The zero-order valence-corrected chi connectivity index (χ0v) is 12.7. The van der Waals surface area contributed by atoms with Crippen LogP contribution in [0, 0.1) is 11.3 Å². The molecule has 0 N–H and O–H groups in total. The van der Waals surface area contributed by atoms with Crippen molar-refractivity contribution in [2.75, 3.05) is 37.6 Å². The standard InChI is InChI=1S/C16H18N4S/c17-12-14-3-4-16(18-13-14)20-9-7-19(8-10-20)6-5-15-2-1-11-21-15/h1-4,11,13H,5-10H2. The number of rotatable bonds is 4. The van der Waals surface area contributed by atoms with E-state index in [1.807, 2.05) is 23.5 Å². The quantitative estimate of drug-likeness (QED) is 0.869. The summed E-state index contributed by atoms with van der Waals surface area (Å²) >= 11 is 1.84. The van der Waals surface area contributed by atoms with Gasteiger partial charge in [0.2, 0.25) is 0 Å². The Labute approximate surface area is 129 Å².